The van der Waals surface area contributed by atoms with Crippen LogP contribution in [0, 0.1) is 5.82 Å². The Kier molecular flexibility index (Phi) is 4.39. The van der Waals surface area contributed by atoms with Crippen LogP contribution in [-0.2, 0) is 0 Å². The van der Waals surface area contributed by atoms with Crippen LogP contribution in [0.5, 0.6) is 0 Å². The van der Waals surface area contributed by atoms with Gasteiger partial charge in [0.15, 0.2) is 0 Å². The molecule has 0 atom stereocenters. The van der Waals surface area contributed by atoms with Gasteiger partial charge in [0, 0.05) is 20.7 Å². The maximum atomic E-state index is 13.7. The molecule has 2 rings (SSSR count). The lowest BCUT2D eigenvalue weighted by Crippen LogP contribution is -2.13. The molecule has 2 aromatic carbocycles. The highest BCUT2D eigenvalue weighted by Gasteiger charge is 2.11. The van der Waals surface area contributed by atoms with Gasteiger partial charge in [0.25, 0.3) is 0 Å². The van der Waals surface area contributed by atoms with Gasteiger partial charge in [-0.2, -0.15) is 0 Å². The van der Waals surface area contributed by atoms with E-state index in [1.54, 1.807) is 12.1 Å². The van der Waals surface area contributed by atoms with E-state index in [-0.39, 0.29) is 10.7 Å². The Bertz CT molecular complexity index is 649. The SMILES string of the molecule is NC(=S)c1c(Br)cccc1Nc1cc(Cl)ccc1F. The van der Waals surface area contributed by atoms with Gasteiger partial charge in [-0.15, -0.1) is 0 Å². The van der Waals surface area contributed by atoms with Crippen LogP contribution in [0.1, 0.15) is 5.56 Å². The number of anilines is 2. The van der Waals surface area contributed by atoms with E-state index in [4.69, 9.17) is 29.6 Å². The van der Waals surface area contributed by atoms with Gasteiger partial charge >= 0.3 is 0 Å². The molecule has 0 heterocycles. The van der Waals surface area contributed by atoms with Crippen LogP contribution in [0.25, 0.3) is 0 Å². The van der Waals surface area contributed by atoms with Crippen molar-refractivity contribution in [1.82, 2.24) is 0 Å². The summed E-state index contributed by atoms with van der Waals surface area (Å²) in [5.74, 6) is -0.404. The summed E-state index contributed by atoms with van der Waals surface area (Å²) in [6.45, 7) is 0. The monoisotopic (exact) mass is 358 g/mol. The van der Waals surface area contributed by atoms with Gasteiger partial charge in [0.2, 0.25) is 0 Å². The number of halogens is 3. The van der Waals surface area contributed by atoms with Gasteiger partial charge in [-0.25, -0.2) is 4.39 Å². The van der Waals surface area contributed by atoms with Gasteiger partial charge < -0.3 is 11.1 Å². The Hall–Kier alpha value is -1.17. The third-order valence-electron chi connectivity index (χ3n) is 2.46. The Morgan fingerprint density at radius 1 is 1.26 bits per heavy atom. The molecule has 0 aromatic heterocycles. The molecule has 6 heteroatoms. The van der Waals surface area contributed by atoms with Crippen LogP contribution >= 0.6 is 39.7 Å². The molecule has 0 saturated heterocycles. The molecule has 0 unspecified atom stereocenters. The minimum Gasteiger partial charge on any atom is -0.389 e. The highest BCUT2D eigenvalue weighted by molar-refractivity contribution is 9.10. The molecule has 0 aliphatic heterocycles. The second-order valence-electron chi connectivity index (χ2n) is 3.78. The summed E-state index contributed by atoms with van der Waals surface area (Å²) >= 11 is 14.2. The minimum atomic E-state index is -0.404. The Morgan fingerprint density at radius 2 is 2.00 bits per heavy atom. The zero-order valence-electron chi connectivity index (χ0n) is 9.58. The topological polar surface area (TPSA) is 38.0 Å². The number of rotatable bonds is 3. The molecule has 3 N–H and O–H groups in total. The summed E-state index contributed by atoms with van der Waals surface area (Å²) in [4.78, 5) is 0.220. The molecule has 0 fully saturated rings. The number of benzene rings is 2. The zero-order valence-corrected chi connectivity index (χ0v) is 12.7. The molecule has 0 amide bonds. The number of hydrogen-bond donors (Lipinski definition) is 2. The second kappa shape index (κ2) is 5.86. The van der Waals surface area contributed by atoms with Crippen LogP contribution in [0.2, 0.25) is 5.02 Å². The fourth-order valence-corrected chi connectivity index (χ4v) is 2.72. The quantitative estimate of drug-likeness (QED) is 0.785. The summed E-state index contributed by atoms with van der Waals surface area (Å²) in [7, 11) is 0. The molecule has 98 valence electrons. The smallest absolute Gasteiger partial charge is 0.146 e. The van der Waals surface area contributed by atoms with Crippen LogP contribution < -0.4 is 11.1 Å². The van der Waals surface area contributed by atoms with Crippen molar-refractivity contribution in [1.29, 1.82) is 0 Å². The first kappa shape index (κ1) is 14.2. The summed E-state index contributed by atoms with van der Waals surface area (Å²) in [5.41, 5.74) is 7.18. The van der Waals surface area contributed by atoms with Crippen molar-refractivity contribution < 1.29 is 4.39 Å². The molecule has 19 heavy (non-hydrogen) atoms. The summed E-state index contributed by atoms with van der Waals surface area (Å²) in [6.07, 6.45) is 0. The third-order valence-corrected chi connectivity index (χ3v) is 3.56. The number of hydrogen-bond acceptors (Lipinski definition) is 2. The molecular weight excluding hydrogens is 351 g/mol. The molecule has 0 radical (unpaired) electrons. The van der Waals surface area contributed by atoms with E-state index in [0.29, 0.717) is 16.3 Å². The van der Waals surface area contributed by atoms with Crippen LogP contribution in [0.15, 0.2) is 40.9 Å². The lowest BCUT2D eigenvalue weighted by molar-refractivity contribution is 0.632. The van der Waals surface area contributed by atoms with Crippen molar-refractivity contribution in [3.8, 4) is 0 Å². The van der Waals surface area contributed by atoms with Crippen molar-refractivity contribution in [2.75, 3.05) is 5.32 Å². The van der Waals surface area contributed by atoms with Crippen molar-refractivity contribution in [3.63, 3.8) is 0 Å². The van der Waals surface area contributed by atoms with Crippen LogP contribution in [0.3, 0.4) is 0 Å². The van der Waals surface area contributed by atoms with E-state index < -0.39 is 5.82 Å². The van der Waals surface area contributed by atoms with Crippen molar-refractivity contribution in [3.05, 3.63) is 57.3 Å². The summed E-state index contributed by atoms with van der Waals surface area (Å²) in [6, 6.07) is 9.66. The zero-order chi connectivity index (χ0) is 14.0. The summed E-state index contributed by atoms with van der Waals surface area (Å²) in [5, 5.41) is 3.39. The lowest BCUT2D eigenvalue weighted by atomic mass is 10.1. The molecule has 0 spiro atoms. The number of nitrogens with one attached hydrogen (secondary N) is 1. The molecule has 2 nitrogen and oxygen atoms in total. The maximum absolute atomic E-state index is 13.7. The van der Waals surface area contributed by atoms with E-state index in [0.717, 1.165) is 4.47 Å². The Labute approximate surface area is 128 Å². The molecular formula is C13H9BrClFN2S. The second-order valence-corrected chi connectivity index (χ2v) is 5.51. The maximum Gasteiger partial charge on any atom is 0.146 e. The predicted octanol–water partition coefficient (Wildman–Crippen LogP) is 4.62. The van der Waals surface area contributed by atoms with E-state index in [2.05, 4.69) is 21.2 Å². The van der Waals surface area contributed by atoms with Gasteiger partial charge in [-0.1, -0.05) is 29.9 Å². The normalized spacial score (nSPS) is 10.3. The summed E-state index contributed by atoms with van der Waals surface area (Å²) < 4.78 is 14.4. The third kappa shape index (κ3) is 3.23. The average molecular weight is 360 g/mol. The van der Waals surface area contributed by atoms with E-state index >= 15 is 0 Å². The van der Waals surface area contributed by atoms with Crippen molar-refractivity contribution >= 4 is 56.1 Å². The minimum absolute atomic E-state index is 0.220. The van der Waals surface area contributed by atoms with E-state index in [1.807, 2.05) is 6.07 Å². The lowest BCUT2D eigenvalue weighted by Gasteiger charge is -2.13. The Morgan fingerprint density at radius 3 is 2.68 bits per heavy atom. The van der Waals surface area contributed by atoms with Gasteiger partial charge in [0.05, 0.1) is 5.69 Å². The molecule has 0 aliphatic rings. The number of nitrogens with two attached hydrogens (primary N) is 1. The fraction of sp³-hybridized carbons (Fsp3) is 0. The molecule has 2 aromatic rings. The highest BCUT2D eigenvalue weighted by atomic mass is 79.9. The first-order valence-electron chi connectivity index (χ1n) is 5.29. The van der Waals surface area contributed by atoms with Crippen molar-refractivity contribution in [2.24, 2.45) is 5.73 Å². The fourth-order valence-electron chi connectivity index (χ4n) is 1.62. The van der Waals surface area contributed by atoms with Gasteiger partial charge in [-0.3, -0.25) is 0 Å². The Balaban J connectivity index is 2.46. The van der Waals surface area contributed by atoms with Crippen LogP contribution in [-0.4, -0.2) is 4.99 Å². The molecule has 0 saturated carbocycles. The highest BCUT2D eigenvalue weighted by Crippen LogP contribution is 2.29. The van der Waals surface area contributed by atoms with Gasteiger partial charge in [0.1, 0.15) is 10.8 Å². The predicted molar refractivity (Wildman–Crippen MR) is 84.7 cm³/mol. The van der Waals surface area contributed by atoms with Gasteiger partial charge in [-0.05, 0) is 46.3 Å². The number of thiocarbonyl (C=S) groups is 1. The largest absolute Gasteiger partial charge is 0.389 e. The average Bonchev–Trinajstić information content (AvgIpc) is 2.33. The van der Waals surface area contributed by atoms with Crippen molar-refractivity contribution in [2.45, 2.75) is 0 Å². The first-order valence-corrected chi connectivity index (χ1v) is 6.87. The van der Waals surface area contributed by atoms with E-state index in [9.17, 15) is 4.39 Å². The molecule has 0 aliphatic carbocycles. The standard InChI is InChI=1S/C13H9BrClFN2S/c14-8-2-1-3-10(12(8)13(17)19)18-11-6-7(15)4-5-9(11)16/h1-6,18H,(H2,17,19). The van der Waals surface area contributed by atoms with Crippen LogP contribution in [0.4, 0.5) is 15.8 Å². The van der Waals surface area contributed by atoms with E-state index in [1.165, 1.54) is 18.2 Å². The first-order chi connectivity index (χ1) is 8.99. The molecule has 0 bridgehead atoms.